The first-order valence-electron chi connectivity index (χ1n) is 6.53. The number of ether oxygens (including phenoxy) is 2. The van der Waals surface area contributed by atoms with Crippen LogP contribution in [0.4, 0.5) is 0 Å². The van der Waals surface area contributed by atoms with Gasteiger partial charge in [-0.15, -0.1) is 0 Å². The van der Waals surface area contributed by atoms with Gasteiger partial charge in [0.05, 0.1) is 20.3 Å². The zero-order chi connectivity index (χ0) is 14.4. The average molecular weight is 273 g/mol. The molecule has 1 N–H and O–H groups in total. The summed E-state index contributed by atoms with van der Waals surface area (Å²) in [6.45, 7) is 0. The molecule has 0 bridgehead atoms. The Labute approximate surface area is 119 Å². The van der Waals surface area contributed by atoms with Crippen molar-refractivity contribution < 1.29 is 14.6 Å². The van der Waals surface area contributed by atoms with Gasteiger partial charge >= 0.3 is 0 Å². The largest absolute Gasteiger partial charge is 0.493 e. The number of benzene rings is 1. The minimum Gasteiger partial charge on any atom is -0.493 e. The lowest BCUT2D eigenvalue weighted by molar-refractivity contribution is 0.167. The molecule has 1 atom stereocenters. The Balaban J connectivity index is 2.03. The van der Waals surface area contributed by atoms with Crippen LogP contribution < -0.4 is 9.47 Å². The van der Waals surface area contributed by atoms with Crippen LogP contribution in [0.2, 0.25) is 0 Å². The number of hydrogen-bond donors (Lipinski definition) is 1. The Kier molecular flexibility index (Phi) is 4.96. The quantitative estimate of drug-likeness (QED) is 0.879. The summed E-state index contributed by atoms with van der Waals surface area (Å²) in [5.41, 5.74) is 2.00. The van der Waals surface area contributed by atoms with Gasteiger partial charge in [-0.05, 0) is 48.2 Å². The molecule has 0 amide bonds. The van der Waals surface area contributed by atoms with Crippen molar-refractivity contribution in [2.75, 3.05) is 14.2 Å². The van der Waals surface area contributed by atoms with Gasteiger partial charge in [0.2, 0.25) is 0 Å². The van der Waals surface area contributed by atoms with Crippen LogP contribution in [0.15, 0.2) is 42.7 Å². The SMILES string of the molecule is COc1ccc(C(O)CCc2ccncc2)cc1OC. The number of pyridine rings is 1. The maximum Gasteiger partial charge on any atom is 0.161 e. The van der Waals surface area contributed by atoms with Crippen molar-refractivity contribution in [2.45, 2.75) is 18.9 Å². The Morgan fingerprint density at radius 3 is 2.40 bits per heavy atom. The van der Waals surface area contributed by atoms with Gasteiger partial charge in [0.1, 0.15) is 0 Å². The fourth-order valence-corrected chi connectivity index (χ4v) is 2.08. The van der Waals surface area contributed by atoms with Crippen molar-refractivity contribution in [3.05, 3.63) is 53.9 Å². The molecular formula is C16H19NO3. The molecule has 106 valence electrons. The number of aliphatic hydroxyl groups excluding tert-OH is 1. The predicted molar refractivity (Wildman–Crippen MR) is 77.1 cm³/mol. The van der Waals surface area contributed by atoms with E-state index in [1.165, 1.54) is 5.56 Å². The third-order valence-electron chi connectivity index (χ3n) is 3.25. The number of aromatic nitrogens is 1. The van der Waals surface area contributed by atoms with Crippen molar-refractivity contribution >= 4 is 0 Å². The van der Waals surface area contributed by atoms with E-state index in [1.54, 1.807) is 26.6 Å². The average Bonchev–Trinajstić information content (AvgIpc) is 2.52. The highest BCUT2D eigenvalue weighted by molar-refractivity contribution is 5.43. The molecule has 4 heteroatoms. The molecule has 20 heavy (non-hydrogen) atoms. The van der Waals surface area contributed by atoms with Crippen LogP contribution in [0.25, 0.3) is 0 Å². The third-order valence-corrected chi connectivity index (χ3v) is 3.25. The topological polar surface area (TPSA) is 51.6 Å². The van der Waals surface area contributed by atoms with Crippen LogP contribution in [0.3, 0.4) is 0 Å². The molecular weight excluding hydrogens is 254 g/mol. The number of aryl methyl sites for hydroxylation is 1. The molecule has 0 saturated heterocycles. The fraction of sp³-hybridized carbons (Fsp3) is 0.312. The number of nitrogens with zero attached hydrogens (tertiary/aromatic N) is 1. The van der Waals surface area contributed by atoms with Crippen molar-refractivity contribution in [2.24, 2.45) is 0 Å². The van der Waals surface area contributed by atoms with Crippen molar-refractivity contribution in [1.82, 2.24) is 4.98 Å². The van der Waals surface area contributed by atoms with Gasteiger partial charge in [0.25, 0.3) is 0 Å². The summed E-state index contributed by atoms with van der Waals surface area (Å²) in [6.07, 6.45) is 4.45. The van der Waals surface area contributed by atoms with Crippen molar-refractivity contribution in [3.8, 4) is 11.5 Å². The molecule has 0 saturated carbocycles. The molecule has 0 fully saturated rings. The second kappa shape index (κ2) is 6.91. The van der Waals surface area contributed by atoms with E-state index in [0.29, 0.717) is 17.9 Å². The Hall–Kier alpha value is -2.07. The molecule has 0 aliphatic carbocycles. The molecule has 1 heterocycles. The molecule has 1 unspecified atom stereocenters. The molecule has 1 aromatic heterocycles. The van der Waals surface area contributed by atoms with E-state index in [2.05, 4.69) is 4.98 Å². The third kappa shape index (κ3) is 3.48. The van der Waals surface area contributed by atoms with E-state index in [9.17, 15) is 5.11 Å². The van der Waals surface area contributed by atoms with Gasteiger partial charge in [-0.2, -0.15) is 0 Å². The maximum atomic E-state index is 10.3. The zero-order valence-electron chi connectivity index (χ0n) is 11.7. The van der Waals surface area contributed by atoms with Crippen LogP contribution in [0.1, 0.15) is 23.7 Å². The normalized spacial score (nSPS) is 11.9. The highest BCUT2D eigenvalue weighted by Gasteiger charge is 2.11. The summed E-state index contributed by atoms with van der Waals surface area (Å²) >= 11 is 0. The minimum atomic E-state index is -0.525. The lowest BCUT2D eigenvalue weighted by Crippen LogP contribution is -2.01. The first-order chi connectivity index (χ1) is 9.74. The van der Waals surface area contributed by atoms with Gasteiger partial charge in [0, 0.05) is 12.4 Å². The smallest absolute Gasteiger partial charge is 0.161 e. The van der Waals surface area contributed by atoms with Crippen LogP contribution in [0.5, 0.6) is 11.5 Å². The molecule has 0 radical (unpaired) electrons. The zero-order valence-corrected chi connectivity index (χ0v) is 11.7. The fourth-order valence-electron chi connectivity index (χ4n) is 2.08. The Morgan fingerprint density at radius 1 is 1.05 bits per heavy atom. The van der Waals surface area contributed by atoms with Gasteiger partial charge in [-0.3, -0.25) is 4.98 Å². The van der Waals surface area contributed by atoms with E-state index >= 15 is 0 Å². The monoisotopic (exact) mass is 273 g/mol. The van der Waals surface area contributed by atoms with E-state index in [-0.39, 0.29) is 0 Å². The van der Waals surface area contributed by atoms with Gasteiger partial charge in [-0.1, -0.05) is 6.07 Å². The highest BCUT2D eigenvalue weighted by atomic mass is 16.5. The minimum absolute atomic E-state index is 0.525. The second-order valence-electron chi connectivity index (χ2n) is 4.52. The number of rotatable bonds is 6. The summed E-state index contributed by atoms with van der Waals surface area (Å²) < 4.78 is 10.4. The molecule has 0 aliphatic rings. The molecule has 0 aliphatic heterocycles. The van der Waals surface area contributed by atoms with Crippen LogP contribution in [-0.2, 0) is 6.42 Å². The molecule has 2 rings (SSSR count). The van der Waals surface area contributed by atoms with Crippen LogP contribution in [0, 0.1) is 0 Å². The molecule has 1 aromatic carbocycles. The first-order valence-corrected chi connectivity index (χ1v) is 6.53. The number of hydrogen-bond acceptors (Lipinski definition) is 4. The van der Waals surface area contributed by atoms with E-state index in [0.717, 1.165) is 12.0 Å². The summed E-state index contributed by atoms with van der Waals surface area (Å²) in [7, 11) is 3.18. The van der Waals surface area contributed by atoms with E-state index in [4.69, 9.17) is 9.47 Å². The number of methoxy groups -OCH3 is 2. The van der Waals surface area contributed by atoms with E-state index < -0.39 is 6.10 Å². The maximum absolute atomic E-state index is 10.3. The summed E-state index contributed by atoms with van der Waals surface area (Å²) in [5.74, 6) is 1.30. The van der Waals surface area contributed by atoms with E-state index in [1.807, 2.05) is 30.3 Å². The van der Waals surface area contributed by atoms with Gasteiger partial charge < -0.3 is 14.6 Å². The molecule has 4 nitrogen and oxygen atoms in total. The Bertz CT molecular complexity index is 543. The summed E-state index contributed by atoms with van der Waals surface area (Å²) in [6, 6.07) is 9.40. The first kappa shape index (κ1) is 14.3. The predicted octanol–water partition coefficient (Wildman–Crippen LogP) is 2.77. The lowest BCUT2D eigenvalue weighted by atomic mass is 10.0. The van der Waals surface area contributed by atoms with Crippen molar-refractivity contribution in [3.63, 3.8) is 0 Å². The van der Waals surface area contributed by atoms with Gasteiger partial charge in [0.15, 0.2) is 11.5 Å². The van der Waals surface area contributed by atoms with Crippen LogP contribution >= 0.6 is 0 Å². The van der Waals surface area contributed by atoms with Crippen LogP contribution in [-0.4, -0.2) is 24.3 Å². The van der Waals surface area contributed by atoms with Crippen molar-refractivity contribution in [1.29, 1.82) is 0 Å². The molecule has 0 spiro atoms. The number of aliphatic hydroxyl groups is 1. The lowest BCUT2D eigenvalue weighted by Gasteiger charge is -2.14. The summed E-state index contributed by atoms with van der Waals surface area (Å²) in [5, 5.41) is 10.3. The summed E-state index contributed by atoms with van der Waals surface area (Å²) in [4.78, 5) is 3.98. The second-order valence-corrected chi connectivity index (χ2v) is 4.52. The standard InChI is InChI=1S/C16H19NO3/c1-19-15-6-4-13(11-16(15)20-2)14(18)5-3-12-7-9-17-10-8-12/h4,6-11,14,18H,3,5H2,1-2H3. The Morgan fingerprint density at radius 2 is 1.75 bits per heavy atom. The molecule has 2 aromatic rings. The van der Waals surface area contributed by atoms with Gasteiger partial charge in [-0.25, -0.2) is 0 Å². The highest BCUT2D eigenvalue weighted by Crippen LogP contribution is 2.31.